The number of thiophene rings is 1. The van der Waals surface area contributed by atoms with Crippen LogP contribution in [0, 0.1) is 5.92 Å². The Morgan fingerprint density at radius 3 is 2.89 bits per heavy atom. The maximum atomic E-state index is 12.1. The topological polar surface area (TPSA) is 61.4 Å². The van der Waals surface area contributed by atoms with Crippen LogP contribution in [0.25, 0.3) is 0 Å². The first-order chi connectivity index (χ1) is 8.58. The van der Waals surface area contributed by atoms with Gasteiger partial charge in [-0.25, -0.2) is 0 Å². The smallest absolute Gasteiger partial charge is 0.237 e. The van der Waals surface area contributed by atoms with Gasteiger partial charge in [-0.3, -0.25) is 4.79 Å². The molecule has 4 nitrogen and oxygen atoms in total. The van der Waals surface area contributed by atoms with Crippen LogP contribution in [-0.4, -0.2) is 29.7 Å². The van der Waals surface area contributed by atoms with Gasteiger partial charge in [0.2, 0.25) is 5.91 Å². The molecule has 3 unspecified atom stereocenters. The third kappa shape index (κ3) is 3.10. The first-order valence-corrected chi connectivity index (χ1v) is 7.21. The molecule has 100 valence electrons. The van der Waals surface area contributed by atoms with E-state index in [2.05, 4.69) is 24.5 Å². The van der Waals surface area contributed by atoms with E-state index in [1.807, 2.05) is 17.5 Å². The minimum absolute atomic E-state index is 0.0151. The lowest BCUT2D eigenvalue weighted by atomic mass is 10.0. The second kappa shape index (κ2) is 5.82. The second-order valence-electron chi connectivity index (χ2n) is 5.10. The van der Waals surface area contributed by atoms with Crippen molar-refractivity contribution in [2.45, 2.75) is 38.5 Å². The number of nitrogens with one attached hydrogen (secondary N) is 2. The van der Waals surface area contributed by atoms with E-state index in [9.17, 15) is 9.90 Å². The van der Waals surface area contributed by atoms with Crippen molar-refractivity contribution in [1.82, 2.24) is 10.6 Å². The van der Waals surface area contributed by atoms with Crippen molar-refractivity contribution < 1.29 is 9.90 Å². The summed E-state index contributed by atoms with van der Waals surface area (Å²) in [6.07, 6.45) is 0.0983. The molecule has 1 aliphatic heterocycles. The number of carbonyl (C=O) groups excluding carboxylic acids is 1. The minimum atomic E-state index is -0.403. The van der Waals surface area contributed by atoms with Crippen LogP contribution in [0.4, 0.5) is 0 Å². The molecule has 1 aliphatic rings. The fraction of sp³-hybridized carbons (Fsp3) is 0.615. The fourth-order valence-corrected chi connectivity index (χ4v) is 3.15. The minimum Gasteiger partial charge on any atom is -0.392 e. The van der Waals surface area contributed by atoms with Gasteiger partial charge < -0.3 is 15.7 Å². The standard InChI is InChI=1S/C13H20N2O2S/c1-8(2)12(11-4-3-5-18-11)15-13(17)10-6-9(16)7-14-10/h3-5,8-10,12,14,16H,6-7H2,1-2H3,(H,15,17). The largest absolute Gasteiger partial charge is 0.392 e. The zero-order chi connectivity index (χ0) is 13.1. The van der Waals surface area contributed by atoms with Crippen LogP contribution >= 0.6 is 11.3 Å². The van der Waals surface area contributed by atoms with E-state index in [0.717, 1.165) is 0 Å². The van der Waals surface area contributed by atoms with Gasteiger partial charge in [0, 0.05) is 11.4 Å². The number of amides is 1. The number of hydrogen-bond donors (Lipinski definition) is 3. The number of aliphatic hydroxyl groups is 1. The van der Waals surface area contributed by atoms with Crippen molar-refractivity contribution in [3.05, 3.63) is 22.4 Å². The van der Waals surface area contributed by atoms with Gasteiger partial charge in [0.25, 0.3) is 0 Å². The molecular formula is C13H20N2O2S. The number of rotatable bonds is 4. The van der Waals surface area contributed by atoms with Crippen molar-refractivity contribution in [3.63, 3.8) is 0 Å². The lowest BCUT2D eigenvalue weighted by Crippen LogP contribution is -2.43. The molecule has 0 aliphatic carbocycles. The van der Waals surface area contributed by atoms with E-state index in [-0.39, 0.29) is 18.0 Å². The van der Waals surface area contributed by atoms with E-state index >= 15 is 0 Å². The molecule has 1 aromatic rings. The summed E-state index contributed by atoms with van der Waals surface area (Å²) in [6, 6.07) is 3.84. The molecule has 1 fully saturated rings. The molecule has 0 radical (unpaired) electrons. The zero-order valence-corrected chi connectivity index (χ0v) is 11.5. The Labute approximate surface area is 111 Å². The lowest BCUT2D eigenvalue weighted by Gasteiger charge is -2.23. The summed E-state index contributed by atoms with van der Waals surface area (Å²) in [5.41, 5.74) is 0. The molecule has 1 saturated heterocycles. The summed E-state index contributed by atoms with van der Waals surface area (Å²) in [5, 5.41) is 17.6. The molecule has 0 aromatic carbocycles. The van der Waals surface area contributed by atoms with Crippen LogP contribution in [-0.2, 0) is 4.79 Å². The van der Waals surface area contributed by atoms with Gasteiger partial charge in [0.15, 0.2) is 0 Å². The molecule has 5 heteroatoms. The normalized spacial score (nSPS) is 25.3. The monoisotopic (exact) mass is 268 g/mol. The molecule has 3 N–H and O–H groups in total. The first-order valence-electron chi connectivity index (χ1n) is 6.33. The highest BCUT2D eigenvalue weighted by molar-refractivity contribution is 7.10. The lowest BCUT2D eigenvalue weighted by molar-refractivity contribution is -0.124. The second-order valence-corrected chi connectivity index (χ2v) is 6.08. The molecule has 2 heterocycles. The van der Waals surface area contributed by atoms with Gasteiger partial charge in [-0.2, -0.15) is 0 Å². The Hall–Kier alpha value is -0.910. The maximum Gasteiger partial charge on any atom is 0.237 e. The van der Waals surface area contributed by atoms with Gasteiger partial charge in [-0.15, -0.1) is 11.3 Å². The Balaban J connectivity index is 1.99. The van der Waals surface area contributed by atoms with E-state index in [4.69, 9.17) is 0 Å². The average Bonchev–Trinajstić information content (AvgIpc) is 2.95. The Bertz CT molecular complexity index is 392. The molecule has 2 rings (SSSR count). The van der Waals surface area contributed by atoms with Crippen LogP contribution in [0.2, 0.25) is 0 Å². The summed E-state index contributed by atoms with van der Waals surface area (Å²) in [6.45, 7) is 4.70. The molecule has 18 heavy (non-hydrogen) atoms. The zero-order valence-electron chi connectivity index (χ0n) is 10.7. The fourth-order valence-electron chi connectivity index (χ4n) is 2.21. The molecule has 0 bridgehead atoms. The molecule has 0 saturated carbocycles. The van der Waals surface area contributed by atoms with Crippen molar-refractivity contribution >= 4 is 17.2 Å². The van der Waals surface area contributed by atoms with Gasteiger partial charge in [0.05, 0.1) is 18.2 Å². The third-order valence-corrected chi connectivity index (χ3v) is 4.19. The number of hydrogen-bond acceptors (Lipinski definition) is 4. The maximum absolute atomic E-state index is 12.1. The Morgan fingerprint density at radius 1 is 1.61 bits per heavy atom. The summed E-state index contributed by atoms with van der Waals surface area (Å²) in [4.78, 5) is 13.3. The predicted molar refractivity (Wildman–Crippen MR) is 72.5 cm³/mol. The van der Waals surface area contributed by atoms with Crippen molar-refractivity contribution in [2.24, 2.45) is 5.92 Å². The van der Waals surface area contributed by atoms with Crippen molar-refractivity contribution in [2.75, 3.05) is 6.54 Å². The van der Waals surface area contributed by atoms with Crippen molar-refractivity contribution in [1.29, 1.82) is 0 Å². The molecular weight excluding hydrogens is 248 g/mol. The van der Waals surface area contributed by atoms with Gasteiger partial charge in [0.1, 0.15) is 0 Å². The third-order valence-electron chi connectivity index (χ3n) is 3.24. The predicted octanol–water partition coefficient (Wildman–Crippen LogP) is 1.28. The quantitative estimate of drug-likeness (QED) is 0.771. The number of β-amino-alcohol motifs (C(OH)–C–C–N with tert-alkyl or cyclic N) is 1. The summed E-state index contributed by atoms with van der Waals surface area (Å²) < 4.78 is 0. The van der Waals surface area contributed by atoms with Crippen LogP contribution in [0.1, 0.15) is 31.2 Å². The van der Waals surface area contributed by atoms with Gasteiger partial charge >= 0.3 is 0 Å². The summed E-state index contributed by atoms with van der Waals surface area (Å²) in [7, 11) is 0. The van der Waals surface area contributed by atoms with Crippen LogP contribution in [0.15, 0.2) is 17.5 Å². The Morgan fingerprint density at radius 2 is 2.39 bits per heavy atom. The van der Waals surface area contributed by atoms with Crippen LogP contribution < -0.4 is 10.6 Å². The van der Waals surface area contributed by atoms with E-state index in [1.54, 1.807) is 11.3 Å². The van der Waals surface area contributed by atoms with E-state index in [1.165, 1.54) is 4.88 Å². The highest BCUT2D eigenvalue weighted by atomic mass is 32.1. The molecule has 0 spiro atoms. The van der Waals surface area contributed by atoms with Crippen LogP contribution in [0.3, 0.4) is 0 Å². The highest BCUT2D eigenvalue weighted by Crippen LogP contribution is 2.26. The molecule has 1 amide bonds. The van der Waals surface area contributed by atoms with Gasteiger partial charge in [-0.05, 0) is 23.8 Å². The Kier molecular flexibility index (Phi) is 4.37. The summed E-state index contributed by atoms with van der Waals surface area (Å²) >= 11 is 1.66. The summed E-state index contributed by atoms with van der Waals surface area (Å²) in [5.74, 6) is 0.331. The highest BCUT2D eigenvalue weighted by Gasteiger charge is 2.30. The average molecular weight is 268 g/mol. The van der Waals surface area contributed by atoms with Crippen LogP contribution in [0.5, 0.6) is 0 Å². The van der Waals surface area contributed by atoms with Crippen molar-refractivity contribution in [3.8, 4) is 0 Å². The first kappa shape index (κ1) is 13.5. The van der Waals surface area contributed by atoms with Gasteiger partial charge in [-0.1, -0.05) is 19.9 Å². The SMILES string of the molecule is CC(C)C(NC(=O)C1CC(O)CN1)c1cccs1. The number of carbonyl (C=O) groups is 1. The van der Waals surface area contributed by atoms with E-state index < -0.39 is 6.10 Å². The van der Waals surface area contributed by atoms with E-state index in [0.29, 0.717) is 18.9 Å². The number of aliphatic hydroxyl groups excluding tert-OH is 1. The molecule has 1 aromatic heterocycles. The molecule has 3 atom stereocenters.